The molecule has 0 aromatic carbocycles. The van der Waals surface area contributed by atoms with Crippen LogP contribution in [0, 0.1) is 17.8 Å². The number of hydrogen-bond acceptors (Lipinski definition) is 6. The first-order chi connectivity index (χ1) is 14.1. The Labute approximate surface area is 169 Å². The van der Waals surface area contributed by atoms with Gasteiger partial charge >= 0.3 is 0 Å². The molecule has 29 heavy (non-hydrogen) atoms. The Morgan fingerprint density at radius 1 is 1.24 bits per heavy atom. The highest BCUT2D eigenvalue weighted by atomic mass is 16.3. The van der Waals surface area contributed by atoms with E-state index in [1.807, 2.05) is 18.2 Å². The van der Waals surface area contributed by atoms with Crippen LogP contribution in [-0.4, -0.2) is 36.9 Å². The lowest BCUT2D eigenvalue weighted by Gasteiger charge is -2.32. The number of H-pyrrole nitrogens is 1. The molecule has 3 heterocycles. The number of aromatic amines is 1. The summed E-state index contributed by atoms with van der Waals surface area (Å²) in [6.07, 6.45) is 6.96. The van der Waals surface area contributed by atoms with E-state index >= 15 is 0 Å². The lowest BCUT2D eigenvalue weighted by atomic mass is 9.79. The number of pyridine rings is 2. The van der Waals surface area contributed by atoms with Crippen LogP contribution in [-0.2, 0) is 6.42 Å². The first-order valence-corrected chi connectivity index (χ1v) is 10.7. The smallest absolute Gasteiger partial charge is 0.153 e. The zero-order chi connectivity index (χ0) is 19.6. The fourth-order valence-electron chi connectivity index (χ4n) is 6.14. The van der Waals surface area contributed by atoms with Gasteiger partial charge in [-0.05, 0) is 56.1 Å². The Kier molecular flexibility index (Phi) is 3.66. The van der Waals surface area contributed by atoms with Gasteiger partial charge < -0.3 is 15.7 Å². The molecule has 4 N–H and O–H groups in total. The molecule has 0 aliphatic heterocycles. The van der Waals surface area contributed by atoms with Crippen LogP contribution in [0.2, 0.25) is 0 Å². The van der Waals surface area contributed by atoms with Gasteiger partial charge in [0.25, 0.3) is 0 Å². The lowest BCUT2D eigenvalue weighted by Crippen LogP contribution is -2.37. The number of aliphatic hydroxyl groups is 1. The Balaban J connectivity index is 1.35. The highest BCUT2D eigenvalue weighted by Crippen LogP contribution is 2.61. The number of nitrogens with zero attached hydrogens (tertiary/aromatic N) is 3. The number of rotatable bonds is 5. The number of aromatic nitrogens is 4. The summed E-state index contributed by atoms with van der Waals surface area (Å²) in [6, 6.07) is 8.25. The monoisotopic (exact) mass is 390 g/mol. The largest absolute Gasteiger partial charge is 0.389 e. The standard InChI is InChI=1S/C22H26N6O/c1-2-14-8-19(28-27-14)24-18-9-17-15(4-3-5-23-17)21(25-18)26-20-13-6-12-7-16(20)22(29,10-12)11-13/h3-5,8-9,12-13,16,20,29H,2,6-7,10-11H2,1H3,(H3,24,25,26,27,28). The van der Waals surface area contributed by atoms with Crippen molar-refractivity contribution in [1.29, 1.82) is 0 Å². The number of aryl methyl sites for hydroxylation is 1. The molecule has 4 bridgehead atoms. The van der Waals surface area contributed by atoms with Gasteiger partial charge in [-0.1, -0.05) is 6.92 Å². The third-order valence-electron chi connectivity index (χ3n) is 7.28. The SMILES string of the molecule is CCc1cc(Nc2cc3ncccc3c(NC3C4CC5CC3C(O)(C5)C4)n2)n[nH]1. The summed E-state index contributed by atoms with van der Waals surface area (Å²) in [5.41, 5.74) is 1.50. The molecular formula is C22H26N6O. The molecule has 7 nitrogen and oxygen atoms in total. The predicted molar refractivity (Wildman–Crippen MR) is 112 cm³/mol. The van der Waals surface area contributed by atoms with Gasteiger partial charge in [-0.3, -0.25) is 10.1 Å². The van der Waals surface area contributed by atoms with Crippen molar-refractivity contribution in [1.82, 2.24) is 20.2 Å². The minimum absolute atomic E-state index is 0.280. The molecule has 4 aliphatic rings. The minimum Gasteiger partial charge on any atom is -0.389 e. The maximum Gasteiger partial charge on any atom is 0.153 e. The molecule has 0 saturated heterocycles. The first-order valence-electron chi connectivity index (χ1n) is 10.7. The maximum absolute atomic E-state index is 11.1. The van der Waals surface area contributed by atoms with Crippen molar-refractivity contribution < 1.29 is 5.11 Å². The zero-order valence-corrected chi connectivity index (χ0v) is 16.5. The molecule has 7 rings (SSSR count). The molecule has 5 atom stereocenters. The van der Waals surface area contributed by atoms with E-state index in [2.05, 4.69) is 38.8 Å². The number of anilines is 3. The molecule has 4 aliphatic carbocycles. The predicted octanol–water partition coefficient (Wildman–Crippen LogP) is 3.62. The molecule has 7 heteroatoms. The van der Waals surface area contributed by atoms with E-state index in [0.29, 0.717) is 17.8 Å². The molecule has 0 radical (unpaired) electrons. The van der Waals surface area contributed by atoms with Gasteiger partial charge in [0.2, 0.25) is 0 Å². The van der Waals surface area contributed by atoms with Crippen molar-refractivity contribution in [2.75, 3.05) is 10.6 Å². The van der Waals surface area contributed by atoms with Crippen LogP contribution in [0.25, 0.3) is 10.9 Å². The summed E-state index contributed by atoms with van der Waals surface area (Å²) in [7, 11) is 0. The summed E-state index contributed by atoms with van der Waals surface area (Å²) < 4.78 is 0. The van der Waals surface area contributed by atoms with E-state index < -0.39 is 5.60 Å². The summed E-state index contributed by atoms with van der Waals surface area (Å²) in [6.45, 7) is 2.09. The van der Waals surface area contributed by atoms with Crippen LogP contribution >= 0.6 is 0 Å². The van der Waals surface area contributed by atoms with E-state index in [9.17, 15) is 5.11 Å². The third-order valence-corrected chi connectivity index (χ3v) is 7.28. The second-order valence-corrected chi connectivity index (χ2v) is 9.07. The van der Waals surface area contributed by atoms with Crippen LogP contribution in [0.4, 0.5) is 17.5 Å². The van der Waals surface area contributed by atoms with E-state index in [0.717, 1.165) is 59.7 Å². The highest BCUT2D eigenvalue weighted by molar-refractivity contribution is 5.91. The molecule has 3 aromatic rings. The van der Waals surface area contributed by atoms with Crippen LogP contribution in [0.15, 0.2) is 30.5 Å². The van der Waals surface area contributed by atoms with Crippen molar-refractivity contribution in [3.05, 3.63) is 36.2 Å². The summed E-state index contributed by atoms with van der Waals surface area (Å²) in [5, 5.41) is 26.5. The van der Waals surface area contributed by atoms with Gasteiger partial charge in [0.1, 0.15) is 11.6 Å². The van der Waals surface area contributed by atoms with Crippen molar-refractivity contribution in [3.8, 4) is 0 Å². The van der Waals surface area contributed by atoms with Gasteiger partial charge in [-0.15, -0.1) is 0 Å². The highest BCUT2D eigenvalue weighted by Gasteiger charge is 2.62. The first kappa shape index (κ1) is 17.2. The molecule has 150 valence electrons. The fourth-order valence-corrected chi connectivity index (χ4v) is 6.14. The van der Waals surface area contributed by atoms with Crippen LogP contribution in [0.5, 0.6) is 0 Å². The Morgan fingerprint density at radius 3 is 3.00 bits per heavy atom. The Morgan fingerprint density at radius 2 is 2.17 bits per heavy atom. The van der Waals surface area contributed by atoms with Gasteiger partial charge in [0.15, 0.2) is 5.82 Å². The molecule has 0 amide bonds. The third kappa shape index (κ3) is 2.71. The lowest BCUT2D eigenvalue weighted by molar-refractivity contribution is 0.00989. The maximum atomic E-state index is 11.1. The van der Waals surface area contributed by atoms with Gasteiger partial charge in [0, 0.05) is 41.4 Å². The molecule has 4 saturated carbocycles. The van der Waals surface area contributed by atoms with Gasteiger partial charge in [0.05, 0.1) is 11.1 Å². The van der Waals surface area contributed by atoms with Gasteiger partial charge in [-0.25, -0.2) is 4.98 Å². The summed E-state index contributed by atoms with van der Waals surface area (Å²) in [4.78, 5) is 9.44. The van der Waals surface area contributed by atoms with E-state index in [4.69, 9.17) is 4.98 Å². The second kappa shape index (κ2) is 6.16. The average Bonchev–Trinajstić information content (AvgIpc) is 3.31. The molecule has 5 unspecified atom stereocenters. The Hall–Kier alpha value is -2.67. The van der Waals surface area contributed by atoms with Crippen LogP contribution in [0.3, 0.4) is 0 Å². The quantitative estimate of drug-likeness (QED) is 0.531. The van der Waals surface area contributed by atoms with Crippen molar-refractivity contribution >= 4 is 28.4 Å². The Bertz CT molecular complexity index is 1080. The fraction of sp³-hybridized carbons (Fsp3) is 0.500. The van der Waals surface area contributed by atoms with E-state index in [-0.39, 0.29) is 6.04 Å². The number of fused-ring (bicyclic) bond motifs is 1. The minimum atomic E-state index is -0.471. The molecule has 4 fully saturated rings. The van der Waals surface area contributed by atoms with Crippen molar-refractivity contribution in [2.24, 2.45) is 17.8 Å². The molecule has 3 aromatic heterocycles. The van der Waals surface area contributed by atoms with Crippen LogP contribution in [0.1, 0.15) is 38.3 Å². The molecule has 0 spiro atoms. The van der Waals surface area contributed by atoms with Gasteiger partial charge in [-0.2, -0.15) is 5.10 Å². The normalized spacial score (nSPS) is 32.2. The number of hydrogen-bond donors (Lipinski definition) is 4. The molecular weight excluding hydrogens is 364 g/mol. The van der Waals surface area contributed by atoms with Crippen molar-refractivity contribution in [3.63, 3.8) is 0 Å². The summed E-state index contributed by atoms with van der Waals surface area (Å²) >= 11 is 0. The average molecular weight is 390 g/mol. The van der Waals surface area contributed by atoms with E-state index in [1.165, 1.54) is 6.42 Å². The summed E-state index contributed by atoms with van der Waals surface area (Å²) in [5.74, 6) is 3.88. The zero-order valence-electron chi connectivity index (χ0n) is 16.5. The topological polar surface area (TPSA) is 98.8 Å². The van der Waals surface area contributed by atoms with E-state index in [1.54, 1.807) is 6.20 Å². The van der Waals surface area contributed by atoms with Crippen molar-refractivity contribution in [2.45, 2.75) is 50.7 Å². The number of nitrogens with one attached hydrogen (secondary N) is 3. The second-order valence-electron chi connectivity index (χ2n) is 9.07. The van der Waals surface area contributed by atoms with Crippen LogP contribution < -0.4 is 10.6 Å².